The van der Waals surface area contributed by atoms with E-state index < -0.39 is 37.0 Å². The third-order valence-electron chi connectivity index (χ3n) is 16.7. The average molecular weight is 1020 g/mol. The third kappa shape index (κ3) is 10.7. The molecule has 388 valence electrons. The van der Waals surface area contributed by atoms with Gasteiger partial charge in [0.1, 0.15) is 28.6 Å². The quantitative estimate of drug-likeness (QED) is 0.0529. The molecule has 6 aromatic rings. The first-order valence-electron chi connectivity index (χ1n) is 26.2. The van der Waals surface area contributed by atoms with Crippen LogP contribution in [0.2, 0.25) is 0 Å². The number of carbonyl (C=O) groups excluding carboxylic acids is 1. The van der Waals surface area contributed by atoms with E-state index in [0.717, 1.165) is 101 Å². The largest absolute Gasteiger partial charge is 0.497 e. The molecule has 5 fully saturated rings. The summed E-state index contributed by atoms with van der Waals surface area (Å²) >= 11 is 0. The van der Waals surface area contributed by atoms with Crippen LogP contribution in [0.3, 0.4) is 0 Å². The number of rotatable bonds is 16. The zero-order valence-corrected chi connectivity index (χ0v) is 43.0. The summed E-state index contributed by atoms with van der Waals surface area (Å²) in [7, 11) is -2.88. The first kappa shape index (κ1) is 49.7. The maximum atomic E-state index is 14.1. The Kier molecular flexibility index (Phi) is 13.6. The van der Waals surface area contributed by atoms with Gasteiger partial charge in [0, 0.05) is 87.3 Å². The molecule has 1 amide bonds. The molecule has 4 N–H and O–H groups in total. The summed E-state index contributed by atoms with van der Waals surface area (Å²) in [5, 5.41) is 26.5. The molecule has 2 aliphatic heterocycles. The second-order valence-electron chi connectivity index (χ2n) is 21.9. The Hall–Kier alpha value is -6.53. The maximum Gasteiger partial charge on any atom is 0.293 e. The van der Waals surface area contributed by atoms with E-state index in [0.29, 0.717) is 48.8 Å². The van der Waals surface area contributed by atoms with Crippen molar-refractivity contribution in [2.75, 3.05) is 56.6 Å². The lowest BCUT2D eigenvalue weighted by Crippen LogP contribution is -2.59. The summed E-state index contributed by atoms with van der Waals surface area (Å²) in [5.74, 6) is 1.31. The van der Waals surface area contributed by atoms with Crippen molar-refractivity contribution in [1.29, 1.82) is 0 Å². The highest BCUT2D eigenvalue weighted by molar-refractivity contribution is 7.90. The van der Waals surface area contributed by atoms with E-state index in [2.05, 4.69) is 83.2 Å². The molecule has 74 heavy (non-hydrogen) atoms. The van der Waals surface area contributed by atoms with E-state index in [4.69, 9.17) is 9.47 Å². The van der Waals surface area contributed by atoms with Crippen LogP contribution in [0.25, 0.3) is 11.0 Å². The van der Waals surface area contributed by atoms with Gasteiger partial charge in [0.15, 0.2) is 0 Å². The first-order chi connectivity index (χ1) is 35.7. The standard InChI is InChI=1S/C57H66N8O8S/c1-56(67)20-17-38(18-21-56)34-59-50-16-14-46(31-51(50)65(68)69)74(70,71)61-55(66)49-15-11-42(30-53(49)73-45-29-41-19-24-58-54(41)60-35-45)63-25-22-57(23-26-63)32-43(33-57)64-28-27-62(36-39-7-12-44(72-2)13-8-39)37-52(64)48-6-4-3-5-47(48)40-9-10-40/h3-8,11-16,19,24,29-31,35,38,40,43,52,59,67H,9-10,17-18,20-23,25-28,32-34,36-37H2,1-2H3,(H,58,60)(H,61,66)/t38-,52?,56-. The molecular weight excluding hydrogens is 957 g/mol. The molecule has 3 aliphatic carbocycles. The summed E-state index contributed by atoms with van der Waals surface area (Å²) in [6.07, 6.45) is 13.0. The normalized spacial score (nSPS) is 22.6. The van der Waals surface area contributed by atoms with Crippen molar-refractivity contribution in [3.05, 3.63) is 142 Å². The Labute approximate surface area is 432 Å². The number of hydrogen-bond acceptors (Lipinski definition) is 13. The molecule has 3 saturated carbocycles. The zero-order chi connectivity index (χ0) is 51.2. The Balaban J connectivity index is 0.777. The zero-order valence-electron chi connectivity index (χ0n) is 42.2. The second kappa shape index (κ2) is 20.3. The SMILES string of the molecule is COc1ccc(CN2CCN(C3CC4(CCN(c5ccc(C(=O)NS(=O)(=O)c6ccc(NC[C@H]7CC[C@](C)(O)CC7)c([N+](=O)[O-])c6)c(Oc6cnc7[nH]ccc7c6)c5)CC4)C3)C(c3ccccc3C3CC3)C2)cc1. The molecule has 16 nitrogen and oxygen atoms in total. The molecule has 2 saturated heterocycles. The van der Waals surface area contributed by atoms with Crippen LogP contribution in [-0.2, 0) is 16.6 Å². The number of H-pyrrole nitrogens is 1. The molecule has 4 heterocycles. The summed E-state index contributed by atoms with van der Waals surface area (Å²) in [6, 6.07) is 30.9. The highest BCUT2D eigenvalue weighted by Crippen LogP contribution is 2.54. The Bertz CT molecular complexity index is 3130. The topological polar surface area (TPSA) is 195 Å². The van der Waals surface area contributed by atoms with Crippen LogP contribution in [0.1, 0.15) is 110 Å². The van der Waals surface area contributed by atoms with Gasteiger partial charge in [0.25, 0.3) is 21.6 Å². The van der Waals surface area contributed by atoms with Crippen molar-refractivity contribution in [3.8, 4) is 17.2 Å². The average Bonchev–Trinajstić information content (AvgIpc) is 4.14. The Morgan fingerprint density at radius 1 is 0.892 bits per heavy atom. The fourth-order valence-electron chi connectivity index (χ4n) is 12.2. The Morgan fingerprint density at radius 2 is 1.65 bits per heavy atom. The smallest absolute Gasteiger partial charge is 0.293 e. The fourth-order valence-corrected chi connectivity index (χ4v) is 13.1. The number of benzene rings is 4. The maximum absolute atomic E-state index is 14.1. The number of piperazine rings is 1. The van der Waals surface area contributed by atoms with Gasteiger partial charge in [0.2, 0.25) is 0 Å². The molecule has 5 aliphatic rings. The number of nitro benzene ring substituents is 1. The van der Waals surface area contributed by atoms with Gasteiger partial charge >= 0.3 is 0 Å². The molecule has 1 unspecified atom stereocenters. The Morgan fingerprint density at radius 3 is 2.38 bits per heavy atom. The van der Waals surface area contributed by atoms with Crippen molar-refractivity contribution in [2.24, 2.45) is 11.3 Å². The van der Waals surface area contributed by atoms with Crippen molar-refractivity contribution >= 4 is 44.0 Å². The monoisotopic (exact) mass is 1020 g/mol. The highest BCUT2D eigenvalue weighted by Gasteiger charge is 2.50. The van der Waals surface area contributed by atoms with Gasteiger partial charge in [-0.1, -0.05) is 36.4 Å². The number of ether oxygens (including phenoxy) is 2. The number of nitrogens with one attached hydrogen (secondary N) is 3. The number of aromatic nitrogens is 2. The van der Waals surface area contributed by atoms with E-state index in [1.165, 1.54) is 41.7 Å². The molecule has 11 rings (SSSR count). The summed E-state index contributed by atoms with van der Waals surface area (Å²) < 4.78 is 41.7. The summed E-state index contributed by atoms with van der Waals surface area (Å²) in [4.78, 5) is 40.6. The van der Waals surface area contributed by atoms with Gasteiger partial charge in [-0.2, -0.15) is 0 Å². The number of nitro groups is 1. The van der Waals surface area contributed by atoms with Crippen LogP contribution < -0.4 is 24.4 Å². The number of sulfonamides is 1. The molecule has 1 spiro atoms. The minimum Gasteiger partial charge on any atom is -0.497 e. The number of anilines is 2. The van der Waals surface area contributed by atoms with E-state index in [1.807, 2.05) is 19.1 Å². The lowest BCUT2D eigenvalue weighted by atomic mass is 9.59. The number of piperidine rings is 1. The molecule has 1 atom stereocenters. The van der Waals surface area contributed by atoms with Crippen LogP contribution in [0.15, 0.2) is 114 Å². The highest BCUT2D eigenvalue weighted by atomic mass is 32.2. The van der Waals surface area contributed by atoms with E-state index in [1.54, 1.807) is 37.7 Å². The van der Waals surface area contributed by atoms with Crippen LogP contribution in [0.5, 0.6) is 17.2 Å². The van der Waals surface area contributed by atoms with E-state index >= 15 is 0 Å². The lowest BCUT2D eigenvalue weighted by Gasteiger charge is -2.58. The number of hydrogen-bond donors (Lipinski definition) is 4. The summed E-state index contributed by atoms with van der Waals surface area (Å²) in [5.41, 5.74) is 5.09. The number of carbonyl (C=O) groups is 1. The predicted molar refractivity (Wildman–Crippen MR) is 284 cm³/mol. The minimum atomic E-state index is -4.59. The first-order valence-corrected chi connectivity index (χ1v) is 27.7. The van der Waals surface area contributed by atoms with Gasteiger partial charge in [-0.15, -0.1) is 0 Å². The van der Waals surface area contributed by atoms with Crippen LogP contribution in [0, 0.1) is 21.4 Å². The number of amides is 1. The van der Waals surface area contributed by atoms with Gasteiger partial charge in [0.05, 0.1) is 34.3 Å². The van der Waals surface area contributed by atoms with Crippen LogP contribution in [-0.4, -0.2) is 102 Å². The number of nitrogens with zero attached hydrogens (tertiary/aromatic N) is 5. The van der Waals surface area contributed by atoms with Crippen LogP contribution >= 0.6 is 0 Å². The number of fused-ring (bicyclic) bond motifs is 1. The summed E-state index contributed by atoms with van der Waals surface area (Å²) in [6.45, 7) is 7.84. The number of pyridine rings is 1. The number of aromatic amines is 1. The fraction of sp³-hybridized carbons (Fsp3) is 0.439. The molecule has 17 heteroatoms. The molecule has 0 bridgehead atoms. The van der Waals surface area contributed by atoms with Crippen molar-refractivity contribution in [2.45, 2.75) is 106 Å². The van der Waals surface area contributed by atoms with Crippen molar-refractivity contribution in [3.63, 3.8) is 0 Å². The second-order valence-corrected chi connectivity index (χ2v) is 23.5. The van der Waals surface area contributed by atoms with Gasteiger partial charge in [-0.3, -0.25) is 24.7 Å². The molecule has 2 aromatic heterocycles. The molecule has 4 aromatic carbocycles. The van der Waals surface area contributed by atoms with E-state index in [9.17, 15) is 28.4 Å². The van der Waals surface area contributed by atoms with Gasteiger partial charge in [-0.25, -0.2) is 18.1 Å². The third-order valence-corrected chi connectivity index (χ3v) is 18.0. The van der Waals surface area contributed by atoms with Crippen LogP contribution in [0.4, 0.5) is 17.1 Å². The minimum absolute atomic E-state index is 0.0250. The van der Waals surface area contributed by atoms with E-state index in [-0.39, 0.29) is 28.3 Å². The van der Waals surface area contributed by atoms with Gasteiger partial charge < -0.3 is 29.8 Å². The van der Waals surface area contributed by atoms with Gasteiger partial charge in [-0.05, 0) is 154 Å². The van der Waals surface area contributed by atoms with Crippen molar-refractivity contribution in [1.82, 2.24) is 24.5 Å². The number of aliphatic hydroxyl groups is 1. The predicted octanol–water partition coefficient (Wildman–Crippen LogP) is 9.93. The molecular formula is C57H66N8O8S. The lowest BCUT2D eigenvalue weighted by molar-refractivity contribution is -0.384. The number of methoxy groups -OCH3 is 1. The van der Waals surface area contributed by atoms with Crippen molar-refractivity contribution < 1.29 is 32.7 Å². The molecule has 0 radical (unpaired) electrons.